The average molecular weight is 213 g/mol. The number of aromatic nitrogens is 2. The number of nitrogens with zero attached hydrogens (tertiary/aromatic N) is 1. The van der Waals surface area contributed by atoms with E-state index >= 15 is 0 Å². The van der Waals surface area contributed by atoms with Crippen LogP contribution >= 0.6 is 0 Å². The van der Waals surface area contributed by atoms with Crippen molar-refractivity contribution < 1.29 is 19.9 Å². The Morgan fingerprint density at radius 1 is 1.53 bits per heavy atom. The second-order valence-corrected chi connectivity index (χ2v) is 2.59. The molecule has 0 aliphatic carbocycles. The van der Waals surface area contributed by atoms with Crippen LogP contribution in [0.3, 0.4) is 0 Å². The topological polar surface area (TPSA) is 132 Å². The quantitative estimate of drug-likeness (QED) is 0.263. The van der Waals surface area contributed by atoms with Crippen molar-refractivity contribution in [1.29, 1.82) is 0 Å². The van der Waals surface area contributed by atoms with Gasteiger partial charge in [-0.15, -0.1) is 0 Å². The Kier molecular flexibility index (Phi) is 3.13. The molecule has 8 heteroatoms. The van der Waals surface area contributed by atoms with Gasteiger partial charge in [0.1, 0.15) is 5.82 Å². The summed E-state index contributed by atoms with van der Waals surface area (Å²) in [6.45, 7) is 0. The first-order valence-corrected chi connectivity index (χ1v) is 3.79. The minimum atomic E-state index is -1.22. The van der Waals surface area contributed by atoms with Crippen molar-refractivity contribution >= 4 is 11.7 Å². The molecule has 8 nitrogen and oxygen atoms in total. The van der Waals surface area contributed by atoms with Gasteiger partial charge < -0.3 is 10.1 Å². The molecule has 1 rings (SSSR count). The Morgan fingerprint density at radius 2 is 2.20 bits per heavy atom. The smallest absolute Gasteiger partial charge is 0.311 e. The predicted molar refractivity (Wildman–Crippen MR) is 45.2 cm³/mol. The average Bonchev–Trinajstić information content (AvgIpc) is 2.14. The van der Waals surface area contributed by atoms with Gasteiger partial charge in [-0.1, -0.05) is 0 Å². The van der Waals surface area contributed by atoms with Gasteiger partial charge in [0, 0.05) is 0 Å². The zero-order valence-corrected chi connectivity index (χ0v) is 7.35. The molecule has 1 amide bonds. The monoisotopic (exact) mass is 213 g/mol. The van der Waals surface area contributed by atoms with E-state index in [9.17, 15) is 14.4 Å². The van der Waals surface area contributed by atoms with Crippen molar-refractivity contribution in [3.05, 3.63) is 22.2 Å². The van der Waals surface area contributed by atoms with Crippen LogP contribution < -0.4 is 11.0 Å². The SMILES string of the molecule is O=C(Cc1nc(O)cc(=O)[nH]1)C(=O)NO. The largest absolute Gasteiger partial charge is 0.493 e. The summed E-state index contributed by atoms with van der Waals surface area (Å²) in [6.07, 6.45) is -0.518. The summed E-state index contributed by atoms with van der Waals surface area (Å²) in [6, 6.07) is 0.820. The second-order valence-electron chi connectivity index (χ2n) is 2.59. The molecule has 15 heavy (non-hydrogen) atoms. The molecule has 1 aromatic rings. The van der Waals surface area contributed by atoms with Crippen molar-refractivity contribution in [2.75, 3.05) is 0 Å². The van der Waals surface area contributed by atoms with Crippen LogP contribution in [0.25, 0.3) is 0 Å². The van der Waals surface area contributed by atoms with Gasteiger partial charge in [-0.05, 0) is 0 Å². The third-order valence-corrected chi connectivity index (χ3v) is 1.46. The zero-order valence-electron chi connectivity index (χ0n) is 7.35. The summed E-state index contributed by atoms with van der Waals surface area (Å²) in [5.74, 6) is -2.92. The van der Waals surface area contributed by atoms with Crippen LogP contribution in [0.5, 0.6) is 5.88 Å². The van der Waals surface area contributed by atoms with Gasteiger partial charge in [0.25, 0.3) is 5.56 Å². The number of carbonyl (C=O) groups is 2. The summed E-state index contributed by atoms with van der Waals surface area (Å²) in [7, 11) is 0. The van der Waals surface area contributed by atoms with E-state index < -0.39 is 29.6 Å². The first-order chi connectivity index (χ1) is 7.02. The second kappa shape index (κ2) is 4.33. The number of Topliss-reactive ketones (excluding diaryl/α,β-unsaturated/α-hetero) is 1. The Morgan fingerprint density at radius 3 is 2.73 bits per heavy atom. The van der Waals surface area contributed by atoms with Crippen molar-refractivity contribution in [2.24, 2.45) is 0 Å². The standard InChI is InChI=1S/C7H7N3O5/c11-3(7(14)10-15)1-4-8-5(12)2-6(13)9-4/h2,15H,1H2,(H,10,14)(H2,8,9,12,13). The molecule has 1 heterocycles. The molecular weight excluding hydrogens is 206 g/mol. The third kappa shape index (κ3) is 2.88. The number of hydrogen-bond acceptors (Lipinski definition) is 6. The van der Waals surface area contributed by atoms with Gasteiger partial charge in [0.2, 0.25) is 11.7 Å². The van der Waals surface area contributed by atoms with Crippen LogP contribution in [0.15, 0.2) is 10.9 Å². The number of aromatic amines is 1. The van der Waals surface area contributed by atoms with Crippen LogP contribution in [0.2, 0.25) is 0 Å². The maximum atomic E-state index is 11.0. The van der Waals surface area contributed by atoms with Gasteiger partial charge in [-0.3, -0.25) is 19.6 Å². The van der Waals surface area contributed by atoms with E-state index in [1.807, 2.05) is 0 Å². The van der Waals surface area contributed by atoms with Crippen LogP contribution in [0, 0.1) is 0 Å². The maximum absolute atomic E-state index is 11.0. The number of nitrogens with one attached hydrogen (secondary N) is 2. The Hall–Kier alpha value is -2.22. The minimum absolute atomic E-state index is 0.159. The van der Waals surface area contributed by atoms with Gasteiger partial charge in [0.05, 0.1) is 12.5 Å². The van der Waals surface area contributed by atoms with E-state index in [1.165, 1.54) is 0 Å². The first-order valence-electron chi connectivity index (χ1n) is 3.79. The van der Waals surface area contributed by atoms with Crippen LogP contribution in [0.1, 0.15) is 5.82 Å². The molecule has 0 aliphatic rings. The number of amides is 1. The summed E-state index contributed by atoms with van der Waals surface area (Å²) in [5.41, 5.74) is 0.500. The normalized spacial score (nSPS) is 9.67. The summed E-state index contributed by atoms with van der Waals surface area (Å²) in [5, 5.41) is 17.0. The van der Waals surface area contributed by atoms with Gasteiger partial charge >= 0.3 is 5.91 Å². The number of hydrogen-bond donors (Lipinski definition) is 4. The van der Waals surface area contributed by atoms with Crippen molar-refractivity contribution in [3.8, 4) is 5.88 Å². The Bertz CT molecular complexity index is 452. The predicted octanol–water partition coefficient (Wildman–Crippen LogP) is -1.91. The number of H-pyrrole nitrogens is 1. The van der Waals surface area contributed by atoms with E-state index in [2.05, 4.69) is 9.97 Å². The molecular formula is C7H7N3O5. The molecule has 0 fully saturated rings. The van der Waals surface area contributed by atoms with Gasteiger partial charge in [-0.25, -0.2) is 5.48 Å². The first kappa shape index (κ1) is 10.9. The lowest BCUT2D eigenvalue weighted by Gasteiger charge is -1.98. The highest BCUT2D eigenvalue weighted by molar-refractivity contribution is 6.36. The van der Waals surface area contributed by atoms with E-state index in [1.54, 1.807) is 0 Å². The summed E-state index contributed by atoms with van der Waals surface area (Å²) >= 11 is 0. The number of carbonyl (C=O) groups excluding carboxylic acids is 2. The molecule has 4 N–H and O–H groups in total. The lowest BCUT2D eigenvalue weighted by atomic mass is 10.2. The molecule has 0 unspecified atom stereocenters. The molecule has 0 radical (unpaired) electrons. The highest BCUT2D eigenvalue weighted by atomic mass is 16.5. The fourth-order valence-electron chi connectivity index (χ4n) is 0.872. The van der Waals surface area contributed by atoms with Crippen LogP contribution in [-0.2, 0) is 16.0 Å². The molecule has 1 aromatic heterocycles. The number of rotatable bonds is 3. The fraction of sp³-hybridized carbons (Fsp3) is 0.143. The lowest BCUT2D eigenvalue weighted by molar-refractivity contribution is -0.142. The molecule has 0 saturated carbocycles. The van der Waals surface area contributed by atoms with Gasteiger partial charge in [0.15, 0.2) is 0 Å². The molecule has 0 saturated heterocycles. The van der Waals surface area contributed by atoms with Crippen LogP contribution in [-0.4, -0.2) is 32.0 Å². The van der Waals surface area contributed by atoms with Crippen molar-refractivity contribution in [1.82, 2.24) is 15.4 Å². The molecule has 0 aliphatic heterocycles. The van der Waals surface area contributed by atoms with E-state index in [4.69, 9.17) is 10.3 Å². The maximum Gasteiger partial charge on any atom is 0.311 e. The number of hydroxylamine groups is 1. The lowest BCUT2D eigenvalue weighted by Crippen LogP contribution is -2.30. The Labute approximate surface area is 82.5 Å². The number of ketones is 1. The fourth-order valence-corrected chi connectivity index (χ4v) is 0.872. The third-order valence-electron chi connectivity index (χ3n) is 1.46. The van der Waals surface area contributed by atoms with Crippen molar-refractivity contribution in [3.63, 3.8) is 0 Å². The molecule has 80 valence electrons. The molecule has 0 atom stereocenters. The Balaban J connectivity index is 2.86. The molecule has 0 bridgehead atoms. The zero-order chi connectivity index (χ0) is 11.4. The van der Waals surface area contributed by atoms with E-state index in [0.717, 1.165) is 11.5 Å². The van der Waals surface area contributed by atoms with E-state index in [0.29, 0.717) is 0 Å². The van der Waals surface area contributed by atoms with Crippen molar-refractivity contribution in [2.45, 2.75) is 6.42 Å². The summed E-state index contributed by atoms with van der Waals surface area (Å²) < 4.78 is 0. The number of aromatic hydroxyl groups is 1. The van der Waals surface area contributed by atoms with Crippen LogP contribution in [0.4, 0.5) is 0 Å². The molecule has 0 spiro atoms. The minimum Gasteiger partial charge on any atom is -0.493 e. The summed E-state index contributed by atoms with van der Waals surface area (Å²) in [4.78, 5) is 37.9. The highest BCUT2D eigenvalue weighted by Gasteiger charge is 2.14. The van der Waals surface area contributed by atoms with Gasteiger partial charge in [-0.2, -0.15) is 4.98 Å². The highest BCUT2D eigenvalue weighted by Crippen LogP contribution is 1.98. The van der Waals surface area contributed by atoms with E-state index in [-0.39, 0.29) is 5.82 Å². The molecule has 0 aromatic carbocycles.